The summed E-state index contributed by atoms with van der Waals surface area (Å²) in [6, 6.07) is 0. The first kappa shape index (κ1) is 5.76. The standard InChI is InChI=1S/C9H16/c1-5-6(2)8-7(5)9(8,3)4/h5-8H,1-4H3. The van der Waals surface area contributed by atoms with E-state index in [-0.39, 0.29) is 0 Å². The van der Waals surface area contributed by atoms with Gasteiger partial charge in [0.05, 0.1) is 0 Å². The summed E-state index contributed by atoms with van der Waals surface area (Å²) in [6.45, 7) is 9.64. The largest absolute Gasteiger partial charge is 0.0619 e. The van der Waals surface area contributed by atoms with E-state index in [2.05, 4.69) is 27.7 Å². The lowest BCUT2D eigenvalue weighted by molar-refractivity contribution is 0.195. The van der Waals surface area contributed by atoms with E-state index >= 15 is 0 Å². The van der Waals surface area contributed by atoms with Crippen LogP contribution >= 0.6 is 0 Å². The molecular weight excluding hydrogens is 108 g/mol. The summed E-state index contributed by atoms with van der Waals surface area (Å²) in [5.74, 6) is 4.22. The van der Waals surface area contributed by atoms with Gasteiger partial charge in [-0.3, -0.25) is 0 Å². The predicted molar refractivity (Wildman–Crippen MR) is 39.1 cm³/mol. The van der Waals surface area contributed by atoms with Crippen LogP contribution in [0.3, 0.4) is 0 Å². The molecule has 0 heteroatoms. The molecule has 0 aromatic carbocycles. The Labute approximate surface area is 57.6 Å². The molecule has 2 saturated carbocycles. The van der Waals surface area contributed by atoms with Crippen molar-refractivity contribution in [2.45, 2.75) is 27.7 Å². The molecule has 4 atom stereocenters. The van der Waals surface area contributed by atoms with Crippen molar-refractivity contribution in [3.8, 4) is 0 Å². The fourth-order valence-electron chi connectivity index (χ4n) is 3.24. The van der Waals surface area contributed by atoms with E-state index in [4.69, 9.17) is 0 Å². The Morgan fingerprint density at radius 2 is 1.22 bits per heavy atom. The van der Waals surface area contributed by atoms with Crippen molar-refractivity contribution in [3.05, 3.63) is 0 Å². The Balaban J connectivity index is 2.15. The van der Waals surface area contributed by atoms with E-state index in [1.54, 1.807) is 0 Å². The normalized spacial score (nSPS) is 60.0. The second-order valence-electron chi connectivity index (χ2n) is 4.59. The van der Waals surface area contributed by atoms with E-state index in [1.807, 2.05) is 0 Å². The molecule has 2 aliphatic rings. The fraction of sp³-hybridized carbons (Fsp3) is 1.00. The van der Waals surface area contributed by atoms with E-state index in [0.717, 1.165) is 29.1 Å². The van der Waals surface area contributed by atoms with Gasteiger partial charge in [0.1, 0.15) is 0 Å². The highest BCUT2D eigenvalue weighted by Gasteiger charge is 2.70. The SMILES string of the molecule is CC1C(C)C2C1C2(C)C. The van der Waals surface area contributed by atoms with E-state index in [9.17, 15) is 0 Å². The maximum Gasteiger partial charge on any atom is -0.0286 e. The molecular formula is C9H16. The fourth-order valence-corrected chi connectivity index (χ4v) is 3.24. The van der Waals surface area contributed by atoms with Crippen LogP contribution in [0.2, 0.25) is 0 Å². The van der Waals surface area contributed by atoms with Gasteiger partial charge in [-0.25, -0.2) is 0 Å². The summed E-state index contributed by atoms with van der Waals surface area (Å²) in [4.78, 5) is 0. The van der Waals surface area contributed by atoms with Crippen LogP contribution in [0.25, 0.3) is 0 Å². The summed E-state index contributed by atoms with van der Waals surface area (Å²) in [5, 5.41) is 0. The molecule has 9 heavy (non-hydrogen) atoms. The van der Waals surface area contributed by atoms with E-state index in [0.29, 0.717) is 0 Å². The minimum Gasteiger partial charge on any atom is -0.0619 e. The average Bonchev–Trinajstić information content (AvgIpc) is 2.29. The van der Waals surface area contributed by atoms with Gasteiger partial charge >= 0.3 is 0 Å². The van der Waals surface area contributed by atoms with Gasteiger partial charge in [-0.15, -0.1) is 0 Å². The van der Waals surface area contributed by atoms with Crippen LogP contribution in [0.4, 0.5) is 0 Å². The third-order valence-electron chi connectivity index (χ3n) is 3.96. The van der Waals surface area contributed by atoms with Crippen LogP contribution in [0.1, 0.15) is 27.7 Å². The topological polar surface area (TPSA) is 0 Å². The summed E-state index contributed by atoms with van der Waals surface area (Å²) < 4.78 is 0. The maximum absolute atomic E-state index is 2.42. The van der Waals surface area contributed by atoms with Gasteiger partial charge in [0, 0.05) is 0 Å². The van der Waals surface area contributed by atoms with Crippen molar-refractivity contribution in [2.75, 3.05) is 0 Å². The van der Waals surface area contributed by atoms with Gasteiger partial charge in [-0.1, -0.05) is 27.7 Å². The first-order chi connectivity index (χ1) is 4.07. The minimum atomic E-state index is 0.721. The smallest absolute Gasteiger partial charge is 0.0286 e. The zero-order chi connectivity index (χ0) is 6.81. The van der Waals surface area contributed by atoms with Crippen LogP contribution in [-0.4, -0.2) is 0 Å². The Morgan fingerprint density at radius 3 is 1.33 bits per heavy atom. The second-order valence-corrected chi connectivity index (χ2v) is 4.59. The van der Waals surface area contributed by atoms with E-state index < -0.39 is 0 Å². The molecule has 2 fully saturated rings. The van der Waals surface area contributed by atoms with Crippen molar-refractivity contribution < 1.29 is 0 Å². The molecule has 0 N–H and O–H groups in total. The molecule has 0 spiro atoms. The lowest BCUT2D eigenvalue weighted by Gasteiger charge is -2.28. The summed E-state index contributed by atoms with van der Waals surface area (Å²) in [6.07, 6.45) is 0. The summed E-state index contributed by atoms with van der Waals surface area (Å²) in [5.41, 5.74) is 0.721. The quantitative estimate of drug-likeness (QED) is 0.465. The molecule has 4 unspecified atom stereocenters. The highest BCUT2D eigenvalue weighted by molar-refractivity contribution is 5.18. The first-order valence-electron chi connectivity index (χ1n) is 4.07. The zero-order valence-electron chi connectivity index (χ0n) is 6.81. The first-order valence-corrected chi connectivity index (χ1v) is 4.07. The predicted octanol–water partition coefficient (Wildman–Crippen LogP) is 2.54. The zero-order valence-corrected chi connectivity index (χ0v) is 6.81. The van der Waals surface area contributed by atoms with Crippen molar-refractivity contribution in [2.24, 2.45) is 29.1 Å². The van der Waals surface area contributed by atoms with Gasteiger partial charge in [0.25, 0.3) is 0 Å². The highest BCUT2D eigenvalue weighted by atomic mass is 14.7. The molecule has 2 aliphatic carbocycles. The van der Waals surface area contributed by atoms with Crippen molar-refractivity contribution in [3.63, 3.8) is 0 Å². The lowest BCUT2D eigenvalue weighted by Crippen LogP contribution is -2.23. The highest BCUT2D eigenvalue weighted by Crippen LogP contribution is 2.75. The van der Waals surface area contributed by atoms with Crippen molar-refractivity contribution in [1.82, 2.24) is 0 Å². The molecule has 0 saturated heterocycles. The average molecular weight is 124 g/mol. The second kappa shape index (κ2) is 1.21. The Morgan fingerprint density at radius 1 is 0.889 bits per heavy atom. The molecule has 0 aromatic rings. The molecule has 0 radical (unpaired) electrons. The van der Waals surface area contributed by atoms with Crippen molar-refractivity contribution >= 4 is 0 Å². The Kier molecular flexibility index (Phi) is 0.774. The molecule has 0 heterocycles. The third kappa shape index (κ3) is 0.426. The van der Waals surface area contributed by atoms with Crippen LogP contribution < -0.4 is 0 Å². The van der Waals surface area contributed by atoms with Crippen LogP contribution in [-0.2, 0) is 0 Å². The number of hydrogen-bond acceptors (Lipinski definition) is 0. The molecule has 2 rings (SSSR count). The monoisotopic (exact) mass is 124 g/mol. The maximum atomic E-state index is 2.42. The van der Waals surface area contributed by atoms with E-state index in [1.165, 1.54) is 0 Å². The molecule has 0 amide bonds. The van der Waals surface area contributed by atoms with Crippen LogP contribution in [0.15, 0.2) is 0 Å². The Bertz CT molecular complexity index is 130. The number of rotatable bonds is 0. The number of fused-ring (bicyclic) bond motifs is 1. The van der Waals surface area contributed by atoms with Crippen LogP contribution in [0.5, 0.6) is 0 Å². The lowest BCUT2D eigenvalue weighted by atomic mass is 9.77. The van der Waals surface area contributed by atoms with Gasteiger partial charge < -0.3 is 0 Å². The molecule has 0 aromatic heterocycles. The van der Waals surface area contributed by atoms with Gasteiger partial charge in [0.2, 0.25) is 0 Å². The molecule has 0 nitrogen and oxygen atoms in total. The van der Waals surface area contributed by atoms with Gasteiger partial charge in [-0.2, -0.15) is 0 Å². The summed E-state index contributed by atoms with van der Waals surface area (Å²) >= 11 is 0. The van der Waals surface area contributed by atoms with Crippen LogP contribution in [0, 0.1) is 29.1 Å². The molecule has 52 valence electrons. The van der Waals surface area contributed by atoms with Gasteiger partial charge in [-0.05, 0) is 29.1 Å². The molecule has 0 aliphatic heterocycles. The third-order valence-corrected chi connectivity index (χ3v) is 3.96. The van der Waals surface area contributed by atoms with Gasteiger partial charge in [0.15, 0.2) is 0 Å². The number of hydrogen-bond donors (Lipinski definition) is 0. The summed E-state index contributed by atoms with van der Waals surface area (Å²) in [7, 11) is 0. The molecule has 0 bridgehead atoms. The van der Waals surface area contributed by atoms with Crippen molar-refractivity contribution in [1.29, 1.82) is 0 Å². The Hall–Kier alpha value is 0. The minimum absolute atomic E-state index is 0.721.